The molecule has 5 N–H and O–H groups in total. The fraction of sp³-hybridized carbons (Fsp3) is 0.111. The fourth-order valence-electron chi connectivity index (χ4n) is 1.08. The molecule has 1 aromatic carbocycles. The summed E-state index contributed by atoms with van der Waals surface area (Å²) in [6.07, 6.45) is 0. The zero-order chi connectivity index (χ0) is 11.3. The first-order valence-electron chi connectivity index (χ1n) is 4.20. The second-order valence-electron chi connectivity index (χ2n) is 2.82. The molecular formula is C9H11N3O2S. The van der Waals surface area contributed by atoms with E-state index in [1.165, 1.54) is 0 Å². The van der Waals surface area contributed by atoms with Gasteiger partial charge in [0.1, 0.15) is 6.04 Å². The molecule has 15 heavy (non-hydrogen) atoms. The minimum absolute atomic E-state index is 0.00261. The van der Waals surface area contributed by atoms with Gasteiger partial charge in [0.15, 0.2) is 5.11 Å². The van der Waals surface area contributed by atoms with Gasteiger partial charge in [0.05, 0.1) is 0 Å². The second kappa shape index (κ2) is 5.28. The van der Waals surface area contributed by atoms with E-state index in [1.54, 1.807) is 24.3 Å². The van der Waals surface area contributed by atoms with Crippen molar-refractivity contribution in [1.29, 1.82) is 0 Å². The summed E-state index contributed by atoms with van der Waals surface area (Å²) in [5.74, 6) is -1.01. The highest BCUT2D eigenvalue weighted by atomic mass is 32.1. The molecule has 0 bridgehead atoms. The molecule has 0 aliphatic heterocycles. The first kappa shape index (κ1) is 11.4. The van der Waals surface area contributed by atoms with E-state index in [-0.39, 0.29) is 5.11 Å². The Hall–Kier alpha value is -1.66. The van der Waals surface area contributed by atoms with Crippen molar-refractivity contribution in [3.63, 3.8) is 0 Å². The standard InChI is InChI=1S/C9H11N3O2S/c10-9(15)12-11-7(8(13)14)6-4-2-1-3-5-6/h1-5,7,11H,(H,13,14)(H3,10,12,15). The monoisotopic (exact) mass is 225 g/mol. The van der Waals surface area contributed by atoms with Gasteiger partial charge in [-0.15, -0.1) is 0 Å². The zero-order valence-electron chi connectivity index (χ0n) is 7.81. The summed E-state index contributed by atoms with van der Waals surface area (Å²) < 4.78 is 0. The Balaban J connectivity index is 2.75. The van der Waals surface area contributed by atoms with Gasteiger partial charge in [-0.3, -0.25) is 10.2 Å². The van der Waals surface area contributed by atoms with Crippen LogP contribution >= 0.6 is 12.2 Å². The number of rotatable bonds is 4. The molecule has 1 unspecified atom stereocenters. The molecule has 0 radical (unpaired) electrons. The molecular weight excluding hydrogens is 214 g/mol. The lowest BCUT2D eigenvalue weighted by Gasteiger charge is -2.15. The molecule has 1 atom stereocenters. The van der Waals surface area contributed by atoms with Crippen molar-refractivity contribution in [1.82, 2.24) is 10.9 Å². The van der Waals surface area contributed by atoms with Crippen molar-refractivity contribution in [2.75, 3.05) is 0 Å². The van der Waals surface area contributed by atoms with Crippen LogP contribution in [0.1, 0.15) is 11.6 Å². The Morgan fingerprint density at radius 1 is 1.40 bits per heavy atom. The Labute approximate surface area is 92.3 Å². The van der Waals surface area contributed by atoms with E-state index in [0.29, 0.717) is 5.56 Å². The maximum Gasteiger partial charge on any atom is 0.327 e. The van der Waals surface area contributed by atoms with Crippen molar-refractivity contribution in [3.8, 4) is 0 Å². The first-order chi connectivity index (χ1) is 7.11. The molecule has 5 nitrogen and oxygen atoms in total. The van der Waals surface area contributed by atoms with Crippen LogP contribution in [0.25, 0.3) is 0 Å². The van der Waals surface area contributed by atoms with E-state index < -0.39 is 12.0 Å². The Morgan fingerprint density at radius 3 is 2.47 bits per heavy atom. The SMILES string of the molecule is NC(=S)NNC(C(=O)O)c1ccccc1. The van der Waals surface area contributed by atoms with Crippen molar-refractivity contribution >= 4 is 23.3 Å². The van der Waals surface area contributed by atoms with Crippen molar-refractivity contribution in [2.45, 2.75) is 6.04 Å². The Bertz CT molecular complexity index is 356. The van der Waals surface area contributed by atoms with Gasteiger partial charge in [-0.1, -0.05) is 30.3 Å². The van der Waals surface area contributed by atoms with E-state index in [4.69, 9.17) is 10.8 Å². The molecule has 6 heteroatoms. The number of carbonyl (C=O) groups is 1. The van der Waals surface area contributed by atoms with Crippen LogP contribution in [0.15, 0.2) is 30.3 Å². The van der Waals surface area contributed by atoms with E-state index in [0.717, 1.165) is 0 Å². The molecule has 0 saturated carbocycles. The van der Waals surface area contributed by atoms with Crippen LogP contribution in [-0.2, 0) is 4.79 Å². The third-order valence-corrected chi connectivity index (χ3v) is 1.82. The number of benzene rings is 1. The van der Waals surface area contributed by atoms with Crippen LogP contribution in [-0.4, -0.2) is 16.2 Å². The molecule has 1 aromatic rings. The average Bonchev–Trinajstić information content (AvgIpc) is 2.18. The smallest absolute Gasteiger partial charge is 0.327 e. The maximum absolute atomic E-state index is 10.9. The highest BCUT2D eigenvalue weighted by Crippen LogP contribution is 2.11. The molecule has 0 aliphatic carbocycles. The molecule has 0 amide bonds. The quantitative estimate of drug-likeness (QED) is 0.431. The van der Waals surface area contributed by atoms with Crippen LogP contribution in [0.3, 0.4) is 0 Å². The minimum Gasteiger partial charge on any atom is -0.480 e. The molecule has 80 valence electrons. The molecule has 0 heterocycles. The molecule has 0 saturated heterocycles. The lowest BCUT2D eigenvalue weighted by Crippen LogP contribution is -2.45. The van der Waals surface area contributed by atoms with E-state index >= 15 is 0 Å². The highest BCUT2D eigenvalue weighted by Gasteiger charge is 2.18. The van der Waals surface area contributed by atoms with Crippen LogP contribution in [0.5, 0.6) is 0 Å². The van der Waals surface area contributed by atoms with Crippen LogP contribution in [0, 0.1) is 0 Å². The lowest BCUT2D eigenvalue weighted by molar-refractivity contribution is -0.139. The Morgan fingerprint density at radius 2 is 2.00 bits per heavy atom. The molecule has 0 aromatic heterocycles. The zero-order valence-corrected chi connectivity index (χ0v) is 8.62. The van der Waals surface area contributed by atoms with Gasteiger partial charge in [-0.05, 0) is 17.8 Å². The van der Waals surface area contributed by atoms with Gasteiger partial charge in [0.25, 0.3) is 0 Å². The van der Waals surface area contributed by atoms with Crippen LogP contribution in [0.2, 0.25) is 0 Å². The summed E-state index contributed by atoms with van der Waals surface area (Å²) in [5.41, 5.74) is 10.7. The maximum atomic E-state index is 10.9. The van der Waals surface area contributed by atoms with E-state index in [2.05, 4.69) is 23.1 Å². The van der Waals surface area contributed by atoms with E-state index in [9.17, 15) is 4.79 Å². The van der Waals surface area contributed by atoms with Crippen molar-refractivity contribution < 1.29 is 9.90 Å². The minimum atomic E-state index is -1.01. The third kappa shape index (κ3) is 3.53. The number of nitrogens with two attached hydrogens (primary N) is 1. The van der Waals surface area contributed by atoms with Gasteiger partial charge >= 0.3 is 5.97 Å². The number of aliphatic carboxylic acids is 1. The number of carboxylic acids is 1. The summed E-state index contributed by atoms with van der Waals surface area (Å²) >= 11 is 4.56. The highest BCUT2D eigenvalue weighted by molar-refractivity contribution is 7.80. The van der Waals surface area contributed by atoms with E-state index in [1.807, 2.05) is 6.07 Å². The van der Waals surface area contributed by atoms with Gasteiger partial charge in [-0.25, -0.2) is 5.43 Å². The predicted molar refractivity (Wildman–Crippen MR) is 59.9 cm³/mol. The second-order valence-corrected chi connectivity index (χ2v) is 3.26. The number of hydrogen-bond donors (Lipinski definition) is 4. The summed E-state index contributed by atoms with van der Waals surface area (Å²) in [5, 5.41) is 8.95. The first-order valence-corrected chi connectivity index (χ1v) is 4.61. The summed E-state index contributed by atoms with van der Waals surface area (Å²) in [6, 6.07) is 7.85. The normalized spacial score (nSPS) is 11.7. The van der Waals surface area contributed by atoms with Crippen molar-refractivity contribution in [3.05, 3.63) is 35.9 Å². The number of hydrazine groups is 1. The number of nitrogens with one attached hydrogen (secondary N) is 2. The number of thiocarbonyl (C=S) groups is 1. The van der Waals surface area contributed by atoms with Gasteiger partial charge in [0.2, 0.25) is 0 Å². The molecule has 0 spiro atoms. The van der Waals surface area contributed by atoms with Gasteiger partial charge in [0, 0.05) is 0 Å². The molecule has 1 rings (SSSR count). The fourth-order valence-corrected chi connectivity index (χ4v) is 1.14. The van der Waals surface area contributed by atoms with Gasteiger partial charge < -0.3 is 10.8 Å². The van der Waals surface area contributed by atoms with Crippen LogP contribution in [0.4, 0.5) is 0 Å². The topological polar surface area (TPSA) is 87.4 Å². The summed E-state index contributed by atoms with van der Waals surface area (Å²) in [7, 11) is 0. The third-order valence-electron chi connectivity index (χ3n) is 1.72. The summed E-state index contributed by atoms with van der Waals surface area (Å²) in [6.45, 7) is 0. The lowest BCUT2D eigenvalue weighted by atomic mass is 10.1. The summed E-state index contributed by atoms with van der Waals surface area (Å²) in [4.78, 5) is 10.9. The molecule has 0 aliphatic rings. The van der Waals surface area contributed by atoms with Crippen LogP contribution < -0.4 is 16.6 Å². The van der Waals surface area contributed by atoms with Crippen molar-refractivity contribution in [2.24, 2.45) is 5.73 Å². The predicted octanol–water partition coefficient (Wildman–Crippen LogP) is 0.150. The number of hydrogen-bond acceptors (Lipinski definition) is 3. The number of carboxylic acid groups (broad SMARTS) is 1. The Kier molecular flexibility index (Phi) is 4.02. The largest absolute Gasteiger partial charge is 0.480 e. The average molecular weight is 225 g/mol. The molecule has 0 fully saturated rings. The van der Waals surface area contributed by atoms with Gasteiger partial charge in [-0.2, -0.15) is 0 Å².